The van der Waals surface area contributed by atoms with Crippen LogP contribution in [-0.2, 0) is 32.6 Å². The number of hydrogen-bond donors (Lipinski definition) is 1. The molecule has 4 aromatic rings. The normalized spacial score (nSPS) is 11.7. The zero-order valence-electron chi connectivity index (χ0n) is 27.3. The SMILES string of the molecule is CCNC(=O)[C@@H](Cc1ccccc1)N(Cc1c(Cl)cccc1Cl)C(=O)CN(c1cc(Cl)ccc1OC)S(=O)(=O)c1ccc(OC)c(OC)c1. The Hall–Kier alpha value is -4.16. The van der Waals surface area contributed by atoms with Crippen molar-refractivity contribution in [2.75, 3.05) is 38.7 Å². The fourth-order valence-electron chi connectivity index (χ4n) is 5.18. The molecule has 0 aliphatic heterocycles. The van der Waals surface area contributed by atoms with E-state index in [0.29, 0.717) is 17.9 Å². The number of ether oxygens (including phenoxy) is 3. The number of methoxy groups -OCH3 is 3. The Balaban J connectivity index is 1.90. The van der Waals surface area contributed by atoms with Gasteiger partial charge in [-0.2, -0.15) is 0 Å². The van der Waals surface area contributed by atoms with Gasteiger partial charge in [0.25, 0.3) is 10.0 Å². The number of amides is 2. The maximum absolute atomic E-state index is 14.7. The minimum absolute atomic E-state index is 0.00789. The fraction of sp³-hybridized carbons (Fsp3) is 0.257. The standard InChI is InChI=1S/C35H36Cl3N3O7S/c1-5-39-35(43)30(18-23-10-7-6-8-11-23)40(21-26-27(37)12-9-13-28(26)38)34(42)22-41(29-19-24(36)14-16-31(29)46-2)49(44,45)25-15-17-32(47-3)33(20-25)48-4/h6-17,19-20,30H,5,18,21-22H2,1-4H3,(H,39,43)/t30-/m1/s1. The summed E-state index contributed by atoms with van der Waals surface area (Å²) in [6, 6.07) is 21.4. The van der Waals surface area contributed by atoms with Crippen LogP contribution in [0.5, 0.6) is 17.2 Å². The Bertz CT molecular complexity index is 1870. The van der Waals surface area contributed by atoms with E-state index < -0.39 is 34.4 Å². The van der Waals surface area contributed by atoms with Gasteiger partial charge in [-0.25, -0.2) is 8.42 Å². The smallest absolute Gasteiger partial charge is 0.265 e. The third kappa shape index (κ3) is 8.90. The van der Waals surface area contributed by atoms with Crippen LogP contribution in [0.25, 0.3) is 0 Å². The van der Waals surface area contributed by atoms with Gasteiger partial charge in [0.15, 0.2) is 11.5 Å². The maximum Gasteiger partial charge on any atom is 0.265 e. The van der Waals surface area contributed by atoms with Crippen LogP contribution in [0, 0.1) is 0 Å². The van der Waals surface area contributed by atoms with E-state index in [0.717, 1.165) is 9.87 Å². The van der Waals surface area contributed by atoms with E-state index in [1.807, 2.05) is 30.3 Å². The topological polar surface area (TPSA) is 114 Å². The third-order valence-corrected chi connectivity index (χ3v) is 10.3. The highest BCUT2D eigenvalue weighted by Gasteiger charge is 2.36. The fourth-order valence-corrected chi connectivity index (χ4v) is 7.29. The Labute approximate surface area is 301 Å². The molecule has 49 heavy (non-hydrogen) atoms. The van der Waals surface area contributed by atoms with E-state index >= 15 is 0 Å². The lowest BCUT2D eigenvalue weighted by Gasteiger charge is -2.34. The molecule has 0 radical (unpaired) electrons. The number of nitrogens with zero attached hydrogens (tertiary/aromatic N) is 2. The Morgan fingerprint density at radius 1 is 0.796 bits per heavy atom. The predicted octanol–water partition coefficient (Wildman–Crippen LogP) is 6.64. The van der Waals surface area contributed by atoms with Crippen molar-refractivity contribution in [3.05, 3.63) is 111 Å². The molecule has 0 heterocycles. The minimum Gasteiger partial charge on any atom is -0.495 e. The molecular formula is C35H36Cl3N3O7S. The summed E-state index contributed by atoms with van der Waals surface area (Å²) < 4.78 is 46.2. The van der Waals surface area contributed by atoms with E-state index in [1.54, 1.807) is 25.1 Å². The second kappa shape index (κ2) is 17.0. The molecule has 0 aliphatic carbocycles. The molecule has 0 saturated heterocycles. The lowest BCUT2D eigenvalue weighted by molar-refractivity contribution is -0.140. The molecule has 0 bridgehead atoms. The molecular weight excluding hydrogens is 713 g/mol. The summed E-state index contributed by atoms with van der Waals surface area (Å²) in [7, 11) is -0.366. The van der Waals surface area contributed by atoms with E-state index in [4.69, 9.17) is 49.0 Å². The predicted molar refractivity (Wildman–Crippen MR) is 192 cm³/mol. The van der Waals surface area contributed by atoms with Crippen molar-refractivity contribution in [3.63, 3.8) is 0 Å². The molecule has 0 spiro atoms. The average molecular weight is 749 g/mol. The number of carbonyl (C=O) groups excluding carboxylic acids is 2. The largest absolute Gasteiger partial charge is 0.495 e. The number of nitrogens with one attached hydrogen (secondary N) is 1. The lowest BCUT2D eigenvalue weighted by atomic mass is 10.0. The lowest BCUT2D eigenvalue weighted by Crippen LogP contribution is -2.53. The zero-order chi connectivity index (χ0) is 35.7. The first-order chi connectivity index (χ1) is 23.4. The van der Waals surface area contributed by atoms with Gasteiger partial charge in [-0.15, -0.1) is 0 Å². The summed E-state index contributed by atoms with van der Waals surface area (Å²) in [6.45, 7) is 1.08. The molecule has 0 aromatic heterocycles. The first kappa shape index (κ1) is 37.7. The number of rotatable bonds is 15. The van der Waals surface area contributed by atoms with Crippen LogP contribution in [0.15, 0.2) is 89.8 Å². The molecule has 4 rings (SSSR count). The number of benzene rings is 4. The van der Waals surface area contributed by atoms with Crippen LogP contribution in [-0.4, -0.2) is 65.6 Å². The van der Waals surface area contributed by atoms with Gasteiger partial charge in [0.1, 0.15) is 18.3 Å². The Morgan fingerprint density at radius 3 is 2.04 bits per heavy atom. The van der Waals surface area contributed by atoms with Gasteiger partial charge in [0, 0.05) is 46.2 Å². The zero-order valence-corrected chi connectivity index (χ0v) is 30.4. The molecule has 0 fully saturated rings. The minimum atomic E-state index is -4.53. The van der Waals surface area contributed by atoms with Gasteiger partial charge in [0.2, 0.25) is 11.8 Å². The van der Waals surface area contributed by atoms with Crippen molar-refractivity contribution in [2.45, 2.75) is 30.8 Å². The highest BCUT2D eigenvalue weighted by atomic mass is 35.5. The number of carbonyl (C=O) groups is 2. The maximum atomic E-state index is 14.7. The number of sulfonamides is 1. The van der Waals surface area contributed by atoms with Crippen LogP contribution >= 0.6 is 34.8 Å². The summed E-state index contributed by atoms with van der Waals surface area (Å²) in [5, 5.41) is 3.55. The number of likely N-dealkylation sites (N-methyl/N-ethyl adjacent to an activating group) is 1. The molecule has 0 unspecified atom stereocenters. The van der Waals surface area contributed by atoms with E-state index in [9.17, 15) is 18.0 Å². The molecule has 14 heteroatoms. The van der Waals surface area contributed by atoms with Crippen molar-refractivity contribution >= 4 is 62.3 Å². The first-order valence-electron chi connectivity index (χ1n) is 15.1. The van der Waals surface area contributed by atoms with Crippen molar-refractivity contribution in [3.8, 4) is 17.2 Å². The van der Waals surface area contributed by atoms with Crippen molar-refractivity contribution in [1.29, 1.82) is 0 Å². The monoisotopic (exact) mass is 747 g/mol. The van der Waals surface area contributed by atoms with E-state index in [1.165, 1.54) is 62.6 Å². The van der Waals surface area contributed by atoms with Crippen LogP contribution in [0.2, 0.25) is 15.1 Å². The first-order valence-corrected chi connectivity index (χ1v) is 17.6. The summed E-state index contributed by atoms with van der Waals surface area (Å²) >= 11 is 19.5. The van der Waals surface area contributed by atoms with Gasteiger partial charge in [-0.05, 0) is 55.0 Å². The number of halogens is 3. The van der Waals surface area contributed by atoms with Gasteiger partial charge in [-0.3, -0.25) is 13.9 Å². The molecule has 10 nitrogen and oxygen atoms in total. The molecule has 0 aliphatic rings. The van der Waals surface area contributed by atoms with E-state index in [-0.39, 0.29) is 50.1 Å². The molecule has 4 aromatic carbocycles. The number of hydrogen-bond acceptors (Lipinski definition) is 7. The van der Waals surface area contributed by atoms with Gasteiger partial charge >= 0.3 is 0 Å². The highest BCUT2D eigenvalue weighted by molar-refractivity contribution is 7.92. The van der Waals surface area contributed by atoms with Crippen LogP contribution in [0.4, 0.5) is 5.69 Å². The van der Waals surface area contributed by atoms with Crippen LogP contribution < -0.4 is 23.8 Å². The molecule has 260 valence electrons. The van der Waals surface area contributed by atoms with Gasteiger partial charge in [-0.1, -0.05) is 71.2 Å². The summed E-state index contributed by atoms with van der Waals surface area (Å²) in [5.74, 6) is -0.585. The van der Waals surface area contributed by atoms with Gasteiger partial charge in [0.05, 0.1) is 31.9 Å². The van der Waals surface area contributed by atoms with Crippen molar-refractivity contribution < 1.29 is 32.2 Å². The second-order valence-electron chi connectivity index (χ2n) is 10.7. The Kier molecular flexibility index (Phi) is 13.0. The highest BCUT2D eigenvalue weighted by Crippen LogP contribution is 2.37. The summed E-state index contributed by atoms with van der Waals surface area (Å²) in [5.41, 5.74) is 1.15. The van der Waals surface area contributed by atoms with E-state index in [2.05, 4.69) is 5.32 Å². The van der Waals surface area contributed by atoms with Crippen LogP contribution in [0.3, 0.4) is 0 Å². The van der Waals surface area contributed by atoms with Crippen LogP contribution in [0.1, 0.15) is 18.1 Å². The number of anilines is 1. The summed E-state index contributed by atoms with van der Waals surface area (Å²) in [4.78, 5) is 29.5. The molecule has 0 saturated carbocycles. The van der Waals surface area contributed by atoms with Crippen molar-refractivity contribution in [1.82, 2.24) is 10.2 Å². The third-order valence-electron chi connectivity index (χ3n) is 7.64. The van der Waals surface area contributed by atoms with Crippen molar-refractivity contribution in [2.24, 2.45) is 0 Å². The Morgan fingerprint density at radius 2 is 1.43 bits per heavy atom. The summed E-state index contributed by atoms with van der Waals surface area (Å²) in [6.07, 6.45) is 0.114. The molecule has 1 atom stereocenters. The molecule has 1 N–H and O–H groups in total. The quantitative estimate of drug-likeness (QED) is 0.145. The molecule has 2 amide bonds. The average Bonchev–Trinajstić information content (AvgIpc) is 3.09. The second-order valence-corrected chi connectivity index (χ2v) is 13.8. The van der Waals surface area contributed by atoms with Gasteiger partial charge < -0.3 is 24.4 Å².